The summed E-state index contributed by atoms with van der Waals surface area (Å²) in [6.45, 7) is 9.44. The van der Waals surface area contributed by atoms with Crippen LogP contribution in [0.4, 0.5) is 0 Å². The lowest BCUT2D eigenvalue weighted by atomic mass is 9.63. The van der Waals surface area contributed by atoms with E-state index in [-0.39, 0.29) is 23.3 Å². The fraction of sp³-hybridized carbons (Fsp3) is 0.545. The Hall–Kier alpha value is -1.76. The minimum Gasteiger partial charge on any atom is -0.394 e. The van der Waals surface area contributed by atoms with Crippen molar-refractivity contribution in [3.05, 3.63) is 39.7 Å². The average molecular weight is 402 g/mol. The van der Waals surface area contributed by atoms with Gasteiger partial charge in [0.25, 0.3) is 0 Å². The van der Waals surface area contributed by atoms with E-state index in [0.717, 1.165) is 16.3 Å². The number of amides is 1. The van der Waals surface area contributed by atoms with E-state index in [0.29, 0.717) is 13.0 Å². The molecule has 1 aromatic carbocycles. The van der Waals surface area contributed by atoms with E-state index in [9.17, 15) is 4.79 Å². The molecule has 0 fully saturated rings. The van der Waals surface area contributed by atoms with Crippen LogP contribution in [-0.4, -0.2) is 35.2 Å². The number of nitrogens with zero attached hydrogens (tertiary/aromatic N) is 1. The van der Waals surface area contributed by atoms with Crippen molar-refractivity contribution in [2.45, 2.75) is 63.8 Å². The van der Waals surface area contributed by atoms with Gasteiger partial charge in [-0.1, -0.05) is 39.8 Å². The van der Waals surface area contributed by atoms with Gasteiger partial charge in [-0.15, -0.1) is 11.3 Å². The molecule has 0 radical (unpaired) electrons. The Morgan fingerprint density at radius 3 is 2.61 bits per heavy atom. The molecular formula is C22H31N3O2S. The number of aliphatic hydroxyl groups is 1. The molecule has 152 valence electrons. The molecule has 5 nitrogen and oxygen atoms in total. The van der Waals surface area contributed by atoms with Crippen LogP contribution in [0.25, 0.3) is 11.3 Å². The van der Waals surface area contributed by atoms with Gasteiger partial charge in [0.2, 0.25) is 5.91 Å². The number of nitrogens with one attached hydrogen (secondary N) is 1. The molecule has 1 aliphatic rings. The van der Waals surface area contributed by atoms with Crippen LogP contribution in [0.2, 0.25) is 0 Å². The third-order valence-electron chi connectivity index (χ3n) is 5.87. The quantitative estimate of drug-likeness (QED) is 0.694. The molecule has 6 heteroatoms. The second-order valence-corrected chi connectivity index (χ2v) is 9.93. The van der Waals surface area contributed by atoms with Crippen LogP contribution < -0.4 is 11.1 Å². The summed E-state index contributed by atoms with van der Waals surface area (Å²) in [5.74, 6) is -0.334. The van der Waals surface area contributed by atoms with Crippen LogP contribution in [0.15, 0.2) is 23.6 Å². The van der Waals surface area contributed by atoms with Crippen molar-refractivity contribution >= 4 is 17.2 Å². The Balaban J connectivity index is 1.74. The van der Waals surface area contributed by atoms with Crippen LogP contribution in [0.5, 0.6) is 0 Å². The molecule has 0 aliphatic heterocycles. The molecule has 1 amide bonds. The van der Waals surface area contributed by atoms with Crippen molar-refractivity contribution in [3.8, 4) is 11.3 Å². The maximum Gasteiger partial charge on any atom is 0.239 e. The van der Waals surface area contributed by atoms with Crippen molar-refractivity contribution in [1.29, 1.82) is 0 Å². The predicted octanol–water partition coefficient (Wildman–Crippen LogP) is 3.14. The maximum absolute atomic E-state index is 11.6. The summed E-state index contributed by atoms with van der Waals surface area (Å²) in [7, 11) is 0. The summed E-state index contributed by atoms with van der Waals surface area (Å²) in [4.78, 5) is 16.4. The molecule has 1 atom stereocenters. The lowest BCUT2D eigenvalue weighted by molar-refractivity contribution is -0.123. The molecule has 0 bridgehead atoms. The van der Waals surface area contributed by atoms with E-state index in [2.05, 4.69) is 56.6 Å². The largest absolute Gasteiger partial charge is 0.394 e. The highest BCUT2D eigenvalue weighted by Crippen LogP contribution is 2.46. The number of benzene rings is 1. The zero-order valence-electron chi connectivity index (χ0n) is 17.2. The van der Waals surface area contributed by atoms with Gasteiger partial charge in [0.05, 0.1) is 17.3 Å². The number of aromatic nitrogens is 1. The molecule has 0 saturated carbocycles. The molecule has 0 saturated heterocycles. The highest BCUT2D eigenvalue weighted by Gasteiger charge is 2.37. The van der Waals surface area contributed by atoms with Crippen molar-refractivity contribution in [2.24, 2.45) is 5.73 Å². The predicted molar refractivity (Wildman–Crippen MR) is 115 cm³/mol. The van der Waals surface area contributed by atoms with Crippen molar-refractivity contribution in [1.82, 2.24) is 10.3 Å². The second-order valence-electron chi connectivity index (χ2n) is 8.98. The number of nitrogens with two attached hydrogens (primary N) is 1. The second kappa shape index (κ2) is 7.93. The van der Waals surface area contributed by atoms with Crippen molar-refractivity contribution in [2.75, 3.05) is 13.2 Å². The Labute approximate surface area is 171 Å². The average Bonchev–Trinajstić information content (AvgIpc) is 3.13. The third-order valence-corrected chi connectivity index (χ3v) is 6.78. The minimum atomic E-state index is -0.866. The molecule has 4 N–H and O–H groups in total. The standard InChI is InChI=1S/C22H31N3O2S/c1-21(2)8-9-22(3,4)16-11-14(5-6-15(16)21)18-13-28-19(25-18)7-10-24-20(27)17(23)12-26/h5-6,11,13,17,26H,7-10,12,23H2,1-4H3,(H,24,27). The number of aliphatic hydroxyl groups excluding tert-OH is 1. The zero-order valence-corrected chi connectivity index (χ0v) is 18.0. The number of thiazole rings is 1. The fourth-order valence-corrected chi connectivity index (χ4v) is 4.62. The van der Waals surface area contributed by atoms with Gasteiger partial charge in [-0.2, -0.15) is 0 Å². The maximum atomic E-state index is 11.6. The summed E-state index contributed by atoms with van der Waals surface area (Å²) in [5.41, 5.74) is 10.9. The number of hydrogen-bond acceptors (Lipinski definition) is 5. The van der Waals surface area contributed by atoms with Crippen LogP contribution >= 0.6 is 11.3 Å². The lowest BCUT2D eigenvalue weighted by Gasteiger charge is -2.42. The molecule has 2 aromatic rings. The van der Waals surface area contributed by atoms with E-state index < -0.39 is 6.04 Å². The zero-order chi connectivity index (χ0) is 20.5. The normalized spacial score (nSPS) is 18.4. The highest BCUT2D eigenvalue weighted by molar-refractivity contribution is 7.09. The van der Waals surface area contributed by atoms with E-state index in [1.807, 2.05) is 0 Å². The number of fused-ring (bicyclic) bond motifs is 1. The van der Waals surface area contributed by atoms with Crippen LogP contribution in [0.1, 0.15) is 56.7 Å². The molecule has 0 spiro atoms. The monoisotopic (exact) mass is 401 g/mol. The molecule has 1 unspecified atom stereocenters. The van der Waals surface area contributed by atoms with Crippen LogP contribution in [0.3, 0.4) is 0 Å². The Morgan fingerprint density at radius 1 is 1.25 bits per heavy atom. The van der Waals surface area contributed by atoms with Gasteiger partial charge in [0, 0.05) is 23.9 Å². The van der Waals surface area contributed by atoms with Gasteiger partial charge < -0.3 is 16.2 Å². The van der Waals surface area contributed by atoms with E-state index >= 15 is 0 Å². The van der Waals surface area contributed by atoms with Gasteiger partial charge in [-0.3, -0.25) is 4.79 Å². The van der Waals surface area contributed by atoms with Gasteiger partial charge in [0.1, 0.15) is 6.04 Å². The Morgan fingerprint density at radius 2 is 1.93 bits per heavy atom. The number of hydrogen-bond donors (Lipinski definition) is 3. The van der Waals surface area contributed by atoms with Gasteiger partial charge in [-0.25, -0.2) is 4.98 Å². The molecular weight excluding hydrogens is 370 g/mol. The first-order chi connectivity index (χ1) is 13.1. The first-order valence-corrected chi connectivity index (χ1v) is 10.8. The van der Waals surface area contributed by atoms with Crippen LogP contribution in [0, 0.1) is 0 Å². The minimum absolute atomic E-state index is 0.176. The van der Waals surface area contributed by atoms with Crippen molar-refractivity contribution < 1.29 is 9.90 Å². The van der Waals surface area contributed by atoms with Gasteiger partial charge >= 0.3 is 0 Å². The summed E-state index contributed by atoms with van der Waals surface area (Å²) in [5, 5.41) is 14.7. The fourth-order valence-electron chi connectivity index (χ4n) is 3.81. The lowest BCUT2D eigenvalue weighted by Crippen LogP contribution is -2.43. The Bertz CT molecular complexity index is 857. The molecule has 1 aliphatic carbocycles. The molecule has 1 aromatic heterocycles. The first-order valence-electron chi connectivity index (χ1n) is 9.88. The Kier molecular flexibility index (Phi) is 5.94. The molecule has 1 heterocycles. The highest BCUT2D eigenvalue weighted by atomic mass is 32.1. The number of rotatable bonds is 6. The smallest absolute Gasteiger partial charge is 0.239 e. The summed E-state index contributed by atoms with van der Waals surface area (Å²) in [6, 6.07) is 5.91. The topological polar surface area (TPSA) is 88.2 Å². The van der Waals surface area contributed by atoms with Gasteiger partial charge in [-0.05, 0) is 40.9 Å². The molecule has 28 heavy (non-hydrogen) atoms. The van der Waals surface area contributed by atoms with E-state index in [1.165, 1.54) is 24.0 Å². The first kappa shape index (κ1) is 21.0. The summed E-state index contributed by atoms with van der Waals surface area (Å²) in [6.07, 6.45) is 3.05. The summed E-state index contributed by atoms with van der Waals surface area (Å²) >= 11 is 1.60. The molecule has 3 rings (SSSR count). The number of carbonyl (C=O) groups is 1. The number of carbonyl (C=O) groups excluding carboxylic acids is 1. The van der Waals surface area contributed by atoms with E-state index in [1.54, 1.807) is 11.3 Å². The third kappa shape index (κ3) is 4.29. The van der Waals surface area contributed by atoms with Crippen molar-refractivity contribution in [3.63, 3.8) is 0 Å². The SMILES string of the molecule is CC1(C)CCC(C)(C)c2cc(-c3csc(CCNC(=O)C(N)CO)n3)ccc21. The van der Waals surface area contributed by atoms with E-state index in [4.69, 9.17) is 15.8 Å². The van der Waals surface area contributed by atoms with Gasteiger partial charge in [0.15, 0.2) is 0 Å². The summed E-state index contributed by atoms with van der Waals surface area (Å²) < 4.78 is 0. The van der Waals surface area contributed by atoms with Crippen LogP contribution in [-0.2, 0) is 22.0 Å².